The van der Waals surface area contributed by atoms with E-state index in [1.807, 2.05) is 12.2 Å². The first kappa shape index (κ1) is 10.1. The Bertz CT molecular complexity index is 322. The van der Waals surface area contributed by atoms with Gasteiger partial charge in [0.05, 0.1) is 6.10 Å². The molecule has 0 aromatic rings. The van der Waals surface area contributed by atoms with Crippen LogP contribution in [0.5, 0.6) is 0 Å². The van der Waals surface area contributed by atoms with E-state index in [0.717, 1.165) is 4.90 Å². The molecule has 0 radical (unpaired) electrons. The van der Waals surface area contributed by atoms with E-state index >= 15 is 0 Å². The van der Waals surface area contributed by atoms with E-state index < -0.39 is 17.8 Å². The minimum atomic E-state index is -0.833. The fourth-order valence-electron chi connectivity index (χ4n) is 1.86. The molecule has 2 aliphatic rings. The Morgan fingerprint density at radius 1 is 1.40 bits per heavy atom. The zero-order valence-electron chi connectivity index (χ0n) is 8.36. The first-order valence-corrected chi connectivity index (χ1v) is 4.93. The van der Waals surface area contributed by atoms with Gasteiger partial charge in [0.25, 0.3) is 0 Å². The van der Waals surface area contributed by atoms with Crippen LogP contribution in [0.15, 0.2) is 0 Å². The molecule has 1 heterocycles. The number of imide groups is 2. The highest BCUT2D eigenvalue weighted by Gasteiger charge is 2.46. The molecule has 0 spiro atoms. The van der Waals surface area contributed by atoms with E-state index in [1.165, 1.54) is 0 Å². The van der Waals surface area contributed by atoms with Crippen molar-refractivity contribution in [2.24, 2.45) is 0 Å². The quantitative estimate of drug-likeness (QED) is 0.511. The van der Waals surface area contributed by atoms with Crippen LogP contribution < -0.4 is 5.32 Å². The lowest BCUT2D eigenvalue weighted by Crippen LogP contribution is -2.51. The molecule has 2 fully saturated rings. The highest BCUT2D eigenvalue weighted by molar-refractivity contribution is 6.44. The monoisotopic (exact) mass is 212 g/mol. The van der Waals surface area contributed by atoms with Gasteiger partial charge in [0.1, 0.15) is 0 Å². The van der Waals surface area contributed by atoms with Crippen molar-refractivity contribution in [3.63, 3.8) is 0 Å². The van der Waals surface area contributed by atoms with Crippen LogP contribution in [-0.2, 0) is 14.3 Å². The Morgan fingerprint density at radius 3 is 2.53 bits per heavy atom. The third kappa shape index (κ3) is 1.61. The molecule has 6 nitrogen and oxygen atoms in total. The summed E-state index contributed by atoms with van der Waals surface area (Å²) in [6, 6.07) is -0.787. The molecule has 1 aliphatic carbocycles. The molecule has 15 heavy (non-hydrogen) atoms. The van der Waals surface area contributed by atoms with Crippen LogP contribution in [0.4, 0.5) is 4.79 Å². The van der Waals surface area contributed by atoms with Crippen molar-refractivity contribution in [2.45, 2.75) is 31.9 Å². The molecular weight excluding hydrogens is 200 g/mol. The second kappa shape index (κ2) is 3.62. The summed E-state index contributed by atoms with van der Waals surface area (Å²) in [6.45, 7) is 2.51. The molecule has 1 aliphatic heterocycles. The van der Waals surface area contributed by atoms with E-state index in [-0.39, 0.29) is 12.1 Å². The number of nitrogens with one attached hydrogen (secondary N) is 1. The second-order valence-corrected chi connectivity index (χ2v) is 3.64. The number of hydrogen-bond acceptors (Lipinski definition) is 4. The van der Waals surface area contributed by atoms with Crippen LogP contribution in [-0.4, -0.2) is 41.5 Å². The SMILES string of the molecule is CCOC1CC(N2C(=O)NC(=O)C2=O)C1. The van der Waals surface area contributed by atoms with Crippen molar-refractivity contribution < 1.29 is 19.1 Å². The molecule has 1 saturated carbocycles. The molecule has 2 rings (SSSR count). The van der Waals surface area contributed by atoms with Crippen LogP contribution in [0, 0.1) is 0 Å². The first-order chi connectivity index (χ1) is 7.13. The van der Waals surface area contributed by atoms with E-state index in [4.69, 9.17) is 4.74 Å². The molecule has 0 atom stereocenters. The summed E-state index contributed by atoms with van der Waals surface area (Å²) in [5, 5.41) is 1.97. The summed E-state index contributed by atoms with van der Waals surface area (Å²) < 4.78 is 5.31. The zero-order chi connectivity index (χ0) is 11.0. The molecule has 6 heteroatoms. The summed E-state index contributed by atoms with van der Waals surface area (Å²) in [5.74, 6) is -1.58. The first-order valence-electron chi connectivity index (χ1n) is 4.93. The van der Waals surface area contributed by atoms with Crippen molar-refractivity contribution in [1.82, 2.24) is 10.2 Å². The van der Waals surface area contributed by atoms with Gasteiger partial charge in [0.2, 0.25) is 0 Å². The predicted molar refractivity (Wildman–Crippen MR) is 48.8 cm³/mol. The van der Waals surface area contributed by atoms with E-state index in [0.29, 0.717) is 19.4 Å². The highest BCUT2D eigenvalue weighted by Crippen LogP contribution is 2.29. The standard InChI is InChI=1S/C9H12N2O4/c1-2-15-6-3-5(4-6)11-8(13)7(12)10-9(11)14/h5-6H,2-4H2,1H3,(H,10,12,14). The van der Waals surface area contributed by atoms with Gasteiger partial charge in [0.15, 0.2) is 0 Å². The average Bonchev–Trinajstić information content (AvgIpc) is 2.36. The van der Waals surface area contributed by atoms with Crippen LogP contribution in [0.1, 0.15) is 19.8 Å². The largest absolute Gasteiger partial charge is 0.378 e. The third-order valence-corrected chi connectivity index (χ3v) is 2.69. The minimum Gasteiger partial charge on any atom is -0.378 e. The van der Waals surface area contributed by atoms with Gasteiger partial charge < -0.3 is 4.74 Å². The number of hydrogen-bond donors (Lipinski definition) is 1. The van der Waals surface area contributed by atoms with Crippen molar-refractivity contribution in [3.05, 3.63) is 0 Å². The van der Waals surface area contributed by atoms with Gasteiger partial charge in [-0.25, -0.2) is 4.79 Å². The Balaban J connectivity index is 1.94. The number of nitrogens with zero attached hydrogens (tertiary/aromatic N) is 1. The van der Waals surface area contributed by atoms with Gasteiger partial charge in [0, 0.05) is 12.6 Å². The fourth-order valence-corrected chi connectivity index (χ4v) is 1.86. The molecule has 82 valence electrons. The van der Waals surface area contributed by atoms with E-state index in [1.54, 1.807) is 0 Å². The Morgan fingerprint density at radius 2 is 2.07 bits per heavy atom. The molecule has 1 saturated heterocycles. The molecule has 4 amide bonds. The lowest BCUT2D eigenvalue weighted by Gasteiger charge is -2.38. The van der Waals surface area contributed by atoms with E-state index in [9.17, 15) is 14.4 Å². The Labute approximate surface area is 86.6 Å². The van der Waals surface area contributed by atoms with E-state index in [2.05, 4.69) is 0 Å². The molecule has 0 bridgehead atoms. The van der Waals surface area contributed by atoms with Gasteiger partial charge in [-0.3, -0.25) is 19.8 Å². The van der Waals surface area contributed by atoms with Crippen molar-refractivity contribution >= 4 is 17.8 Å². The lowest BCUT2D eigenvalue weighted by atomic mass is 9.88. The van der Waals surface area contributed by atoms with Crippen LogP contribution in [0.2, 0.25) is 0 Å². The number of carbonyl (C=O) groups is 3. The number of urea groups is 1. The van der Waals surface area contributed by atoms with Gasteiger partial charge in [-0.05, 0) is 19.8 Å². The maximum Gasteiger partial charge on any atom is 0.331 e. The van der Waals surface area contributed by atoms with Gasteiger partial charge in [-0.2, -0.15) is 0 Å². The third-order valence-electron chi connectivity index (χ3n) is 2.69. The predicted octanol–water partition coefficient (Wildman–Crippen LogP) is -0.368. The molecule has 0 aromatic heterocycles. The lowest BCUT2D eigenvalue weighted by molar-refractivity contribution is -0.143. The summed E-state index contributed by atoms with van der Waals surface area (Å²) >= 11 is 0. The summed E-state index contributed by atoms with van der Waals surface area (Å²) in [7, 11) is 0. The molecule has 0 aromatic carbocycles. The van der Waals surface area contributed by atoms with Gasteiger partial charge in [-0.1, -0.05) is 0 Å². The second-order valence-electron chi connectivity index (χ2n) is 3.64. The maximum atomic E-state index is 11.3. The highest BCUT2D eigenvalue weighted by atomic mass is 16.5. The zero-order valence-corrected chi connectivity index (χ0v) is 8.36. The minimum absolute atomic E-state index is 0.108. The smallest absolute Gasteiger partial charge is 0.331 e. The van der Waals surface area contributed by atoms with Crippen molar-refractivity contribution in [3.8, 4) is 0 Å². The van der Waals surface area contributed by atoms with Crippen molar-refractivity contribution in [1.29, 1.82) is 0 Å². The Kier molecular flexibility index (Phi) is 2.44. The van der Waals surface area contributed by atoms with Crippen LogP contribution >= 0.6 is 0 Å². The van der Waals surface area contributed by atoms with Gasteiger partial charge >= 0.3 is 17.8 Å². The summed E-state index contributed by atoms with van der Waals surface area (Å²) in [4.78, 5) is 34.4. The normalized spacial score (nSPS) is 30.5. The molecular formula is C9H12N2O4. The van der Waals surface area contributed by atoms with Crippen molar-refractivity contribution in [2.75, 3.05) is 6.61 Å². The topological polar surface area (TPSA) is 75.7 Å². The number of carbonyl (C=O) groups excluding carboxylic acids is 3. The number of ether oxygens (including phenoxy) is 1. The summed E-state index contributed by atoms with van der Waals surface area (Å²) in [5.41, 5.74) is 0. The maximum absolute atomic E-state index is 11.3. The average molecular weight is 212 g/mol. The molecule has 1 N–H and O–H groups in total. The number of amides is 4. The molecule has 0 unspecified atom stereocenters. The van der Waals surface area contributed by atoms with Crippen LogP contribution in [0.25, 0.3) is 0 Å². The van der Waals surface area contributed by atoms with Gasteiger partial charge in [-0.15, -0.1) is 0 Å². The Hall–Kier alpha value is -1.43. The number of rotatable bonds is 3. The van der Waals surface area contributed by atoms with Crippen LogP contribution in [0.3, 0.4) is 0 Å². The fraction of sp³-hybridized carbons (Fsp3) is 0.667. The summed E-state index contributed by atoms with van der Waals surface area (Å²) in [6.07, 6.45) is 1.36.